The van der Waals surface area contributed by atoms with E-state index in [1.165, 1.54) is 6.07 Å². The number of aromatic amines is 1. The summed E-state index contributed by atoms with van der Waals surface area (Å²) in [5, 5.41) is 17.0. The lowest BCUT2D eigenvalue weighted by Gasteiger charge is -2.02. The van der Waals surface area contributed by atoms with Crippen LogP contribution in [0.2, 0.25) is 0 Å². The van der Waals surface area contributed by atoms with E-state index in [1.807, 2.05) is 18.2 Å². The Morgan fingerprint density at radius 1 is 1.22 bits per heavy atom. The van der Waals surface area contributed by atoms with Crippen molar-refractivity contribution in [2.24, 2.45) is 0 Å². The van der Waals surface area contributed by atoms with Gasteiger partial charge in [-0.3, -0.25) is 15.2 Å². The van der Waals surface area contributed by atoms with Gasteiger partial charge < -0.3 is 5.32 Å². The molecule has 0 aliphatic heterocycles. The molecule has 0 saturated carbocycles. The molecular weight excluding hydrogens is 364 g/mol. The van der Waals surface area contributed by atoms with Crippen molar-refractivity contribution in [3.63, 3.8) is 0 Å². The fourth-order valence-corrected chi connectivity index (χ4v) is 2.73. The topological polar surface area (TPSA) is 101 Å². The van der Waals surface area contributed by atoms with Crippen LogP contribution in [0.1, 0.15) is 0 Å². The average Bonchev–Trinajstić information content (AvgIpc) is 3.04. The number of anilines is 2. The molecule has 4 aromatic rings. The van der Waals surface area contributed by atoms with Gasteiger partial charge >= 0.3 is 0 Å². The SMILES string of the molecule is O=[N+]([O-])c1ccccc1Nc1nc2nc3cc(Br)ccc3n2[nH]1. The molecule has 0 aliphatic rings. The van der Waals surface area contributed by atoms with Crippen molar-refractivity contribution in [1.29, 1.82) is 0 Å². The molecular formula is C14H9BrN6O2. The van der Waals surface area contributed by atoms with Crippen LogP contribution in [0, 0.1) is 10.1 Å². The number of H-pyrrole nitrogens is 1. The van der Waals surface area contributed by atoms with E-state index in [2.05, 4.69) is 36.3 Å². The maximum Gasteiger partial charge on any atom is 0.292 e. The third-order valence-electron chi connectivity index (χ3n) is 3.38. The van der Waals surface area contributed by atoms with Gasteiger partial charge in [-0.1, -0.05) is 28.1 Å². The highest BCUT2D eigenvalue weighted by molar-refractivity contribution is 9.10. The quantitative estimate of drug-likeness (QED) is 0.422. The number of imidazole rings is 1. The number of aromatic nitrogens is 4. The molecule has 9 heteroatoms. The number of nitro groups is 1. The Morgan fingerprint density at radius 3 is 2.87 bits per heavy atom. The summed E-state index contributed by atoms with van der Waals surface area (Å²) in [6.07, 6.45) is 0. The minimum Gasteiger partial charge on any atom is -0.319 e. The van der Waals surface area contributed by atoms with Crippen LogP contribution >= 0.6 is 15.9 Å². The van der Waals surface area contributed by atoms with Crippen LogP contribution in [-0.4, -0.2) is 24.5 Å². The number of rotatable bonds is 3. The Hall–Kier alpha value is -2.94. The fraction of sp³-hybridized carbons (Fsp3) is 0. The lowest BCUT2D eigenvalue weighted by atomic mass is 10.3. The van der Waals surface area contributed by atoms with Gasteiger partial charge in [-0.15, -0.1) is 0 Å². The predicted octanol–water partition coefficient (Wildman–Crippen LogP) is 3.62. The van der Waals surface area contributed by atoms with Gasteiger partial charge in [0.2, 0.25) is 5.95 Å². The average molecular weight is 373 g/mol. The van der Waals surface area contributed by atoms with Gasteiger partial charge in [0.15, 0.2) is 0 Å². The zero-order valence-corrected chi connectivity index (χ0v) is 13.1. The Balaban J connectivity index is 1.77. The zero-order valence-electron chi connectivity index (χ0n) is 11.5. The molecule has 0 fully saturated rings. The number of benzene rings is 2. The van der Waals surface area contributed by atoms with Crippen LogP contribution in [-0.2, 0) is 0 Å². The lowest BCUT2D eigenvalue weighted by Crippen LogP contribution is -1.98. The molecule has 2 heterocycles. The summed E-state index contributed by atoms with van der Waals surface area (Å²) < 4.78 is 2.66. The number of para-hydroxylation sites is 2. The number of hydrogen-bond donors (Lipinski definition) is 2. The minimum atomic E-state index is -0.441. The van der Waals surface area contributed by atoms with Gasteiger partial charge in [0.1, 0.15) is 5.69 Å². The highest BCUT2D eigenvalue weighted by Crippen LogP contribution is 2.26. The number of fused-ring (bicyclic) bond motifs is 3. The first-order chi connectivity index (χ1) is 11.1. The molecule has 0 spiro atoms. The van der Waals surface area contributed by atoms with Crippen molar-refractivity contribution in [2.45, 2.75) is 0 Å². The summed E-state index contributed by atoms with van der Waals surface area (Å²) in [4.78, 5) is 19.3. The molecule has 4 rings (SSSR count). The molecule has 0 amide bonds. The van der Waals surface area contributed by atoms with Crippen molar-refractivity contribution in [1.82, 2.24) is 19.6 Å². The molecule has 2 aromatic carbocycles. The van der Waals surface area contributed by atoms with Crippen molar-refractivity contribution in [3.8, 4) is 0 Å². The molecule has 0 atom stereocenters. The summed E-state index contributed by atoms with van der Waals surface area (Å²) in [5.74, 6) is 0.866. The molecule has 2 aromatic heterocycles. The standard InChI is InChI=1S/C14H9BrN6O2/c15-8-5-6-11-10(7-8)17-14-18-13(19-20(11)14)16-9-3-1-2-4-12(9)21(22)23/h1-7H,(H2,16,17,18,19). The van der Waals surface area contributed by atoms with Crippen LogP contribution in [0.25, 0.3) is 16.8 Å². The van der Waals surface area contributed by atoms with Crippen LogP contribution in [0.4, 0.5) is 17.3 Å². The highest BCUT2D eigenvalue weighted by Gasteiger charge is 2.15. The predicted molar refractivity (Wildman–Crippen MR) is 88.9 cm³/mol. The van der Waals surface area contributed by atoms with E-state index in [0.29, 0.717) is 17.4 Å². The monoisotopic (exact) mass is 372 g/mol. The molecule has 114 valence electrons. The Morgan fingerprint density at radius 2 is 2.04 bits per heavy atom. The number of nitrogens with one attached hydrogen (secondary N) is 2. The maximum atomic E-state index is 11.1. The van der Waals surface area contributed by atoms with E-state index in [-0.39, 0.29) is 5.69 Å². The smallest absolute Gasteiger partial charge is 0.292 e. The number of hydrogen-bond acceptors (Lipinski definition) is 5. The van der Waals surface area contributed by atoms with Gasteiger partial charge in [0.05, 0.1) is 16.0 Å². The third kappa shape index (κ3) is 2.30. The first-order valence-corrected chi connectivity index (χ1v) is 7.45. The highest BCUT2D eigenvalue weighted by atomic mass is 79.9. The van der Waals surface area contributed by atoms with Gasteiger partial charge in [0, 0.05) is 10.5 Å². The van der Waals surface area contributed by atoms with Gasteiger partial charge in [0.25, 0.3) is 11.5 Å². The molecule has 0 bridgehead atoms. The zero-order chi connectivity index (χ0) is 16.0. The van der Waals surface area contributed by atoms with Crippen molar-refractivity contribution in [3.05, 3.63) is 57.1 Å². The van der Waals surface area contributed by atoms with Crippen molar-refractivity contribution in [2.75, 3.05) is 5.32 Å². The second-order valence-corrected chi connectivity index (χ2v) is 5.77. The van der Waals surface area contributed by atoms with Crippen LogP contribution < -0.4 is 5.32 Å². The van der Waals surface area contributed by atoms with Crippen molar-refractivity contribution >= 4 is 50.1 Å². The fourth-order valence-electron chi connectivity index (χ4n) is 2.38. The van der Waals surface area contributed by atoms with Crippen LogP contribution in [0.5, 0.6) is 0 Å². The van der Waals surface area contributed by atoms with E-state index in [4.69, 9.17) is 0 Å². The Bertz CT molecular complexity index is 1050. The number of nitrogens with zero attached hydrogens (tertiary/aromatic N) is 4. The maximum absolute atomic E-state index is 11.1. The largest absolute Gasteiger partial charge is 0.319 e. The number of halogens is 1. The summed E-state index contributed by atoms with van der Waals surface area (Å²) in [6, 6.07) is 12.1. The van der Waals surface area contributed by atoms with Crippen LogP contribution in [0.15, 0.2) is 46.9 Å². The molecule has 0 saturated heterocycles. The van der Waals surface area contributed by atoms with E-state index < -0.39 is 4.92 Å². The molecule has 23 heavy (non-hydrogen) atoms. The van der Waals surface area contributed by atoms with Gasteiger partial charge in [-0.05, 0) is 24.3 Å². The minimum absolute atomic E-state index is 0.0182. The molecule has 2 N–H and O–H groups in total. The van der Waals surface area contributed by atoms with Crippen LogP contribution in [0.3, 0.4) is 0 Å². The second kappa shape index (κ2) is 5.06. The van der Waals surface area contributed by atoms with E-state index in [0.717, 1.165) is 15.5 Å². The summed E-state index contributed by atoms with van der Waals surface area (Å²) in [7, 11) is 0. The Kier molecular flexibility index (Phi) is 3.01. The summed E-state index contributed by atoms with van der Waals surface area (Å²) in [5.41, 5.74) is 2.01. The first-order valence-electron chi connectivity index (χ1n) is 6.66. The number of nitro benzene ring substituents is 1. The van der Waals surface area contributed by atoms with Crippen molar-refractivity contribution < 1.29 is 4.92 Å². The second-order valence-electron chi connectivity index (χ2n) is 4.85. The summed E-state index contributed by atoms with van der Waals surface area (Å²) in [6.45, 7) is 0. The van der Waals surface area contributed by atoms with E-state index in [9.17, 15) is 10.1 Å². The normalized spacial score (nSPS) is 11.2. The molecule has 0 aliphatic carbocycles. The van der Waals surface area contributed by atoms with E-state index >= 15 is 0 Å². The lowest BCUT2D eigenvalue weighted by molar-refractivity contribution is -0.383. The summed E-state index contributed by atoms with van der Waals surface area (Å²) >= 11 is 3.40. The first kappa shape index (κ1) is 13.7. The van der Waals surface area contributed by atoms with Gasteiger partial charge in [-0.2, -0.15) is 4.98 Å². The van der Waals surface area contributed by atoms with E-state index in [1.54, 1.807) is 22.7 Å². The molecule has 8 nitrogen and oxygen atoms in total. The third-order valence-corrected chi connectivity index (χ3v) is 3.88. The van der Waals surface area contributed by atoms with Gasteiger partial charge in [-0.25, -0.2) is 9.50 Å². The Labute approximate surface area is 137 Å². The molecule has 0 unspecified atom stereocenters. The molecule has 0 radical (unpaired) electrons.